The Kier molecular flexibility index (Phi) is 6.72. The summed E-state index contributed by atoms with van der Waals surface area (Å²) in [5, 5.41) is 28.2. The van der Waals surface area contributed by atoms with Crippen LogP contribution in [-0.2, 0) is 23.9 Å². The van der Waals surface area contributed by atoms with Crippen molar-refractivity contribution in [2.75, 3.05) is 0 Å². The van der Waals surface area contributed by atoms with Crippen LogP contribution in [-0.4, -0.2) is 15.0 Å². The van der Waals surface area contributed by atoms with Gasteiger partial charge in [-0.25, -0.2) is 4.98 Å². The third kappa shape index (κ3) is 5.53. The summed E-state index contributed by atoms with van der Waals surface area (Å²) in [6.45, 7) is 13.7. The molecule has 0 amide bonds. The highest BCUT2D eigenvalue weighted by atomic mass is 32.1. The Hall–Kier alpha value is -2.77. The fraction of sp³-hybridized carbons (Fsp3) is 0.400. The molecular formula is C25H31N3O3S. The van der Waals surface area contributed by atoms with Crippen LogP contribution in [0.4, 0.5) is 5.69 Å². The molecule has 170 valence electrons. The van der Waals surface area contributed by atoms with Crippen LogP contribution in [0.25, 0.3) is 11.3 Å². The minimum atomic E-state index is -0.383. The number of aromatic nitrogens is 1. The maximum absolute atomic E-state index is 10.9. The van der Waals surface area contributed by atoms with Crippen LogP contribution in [0.1, 0.15) is 63.2 Å². The van der Waals surface area contributed by atoms with E-state index in [0.29, 0.717) is 18.8 Å². The Morgan fingerprint density at radius 2 is 1.66 bits per heavy atom. The number of hydrogen-bond acceptors (Lipinski definition) is 6. The van der Waals surface area contributed by atoms with Crippen molar-refractivity contribution >= 4 is 17.0 Å². The summed E-state index contributed by atoms with van der Waals surface area (Å²) in [6.07, 6.45) is 0. The van der Waals surface area contributed by atoms with Gasteiger partial charge in [-0.2, -0.15) is 0 Å². The smallest absolute Gasteiger partial charge is 0.269 e. The largest absolute Gasteiger partial charge is 0.507 e. The van der Waals surface area contributed by atoms with Crippen molar-refractivity contribution in [1.82, 2.24) is 10.3 Å². The summed E-state index contributed by atoms with van der Waals surface area (Å²) < 4.78 is 0. The molecule has 0 spiro atoms. The van der Waals surface area contributed by atoms with Crippen molar-refractivity contribution in [3.05, 3.63) is 73.6 Å². The van der Waals surface area contributed by atoms with Gasteiger partial charge in [0.05, 0.1) is 10.6 Å². The van der Waals surface area contributed by atoms with Crippen molar-refractivity contribution in [1.29, 1.82) is 0 Å². The number of nitrogens with zero attached hydrogens (tertiary/aromatic N) is 2. The van der Waals surface area contributed by atoms with E-state index in [-0.39, 0.29) is 21.4 Å². The molecule has 0 aliphatic carbocycles. The van der Waals surface area contributed by atoms with Gasteiger partial charge in [0.15, 0.2) is 0 Å². The lowest BCUT2D eigenvalue weighted by Gasteiger charge is -2.28. The van der Waals surface area contributed by atoms with Gasteiger partial charge in [-0.3, -0.25) is 10.1 Å². The van der Waals surface area contributed by atoms with Gasteiger partial charge >= 0.3 is 0 Å². The number of thiazole rings is 1. The second kappa shape index (κ2) is 9.00. The van der Waals surface area contributed by atoms with Gasteiger partial charge in [-0.15, -0.1) is 11.3 Å². The van der Waals surface area contributed by atoms with Crippen molar-refractivity contribution < 1.29 is 10.0 Å². The third-order valence-electron chi connectivity index (χ3n) is 5.30. The van der Waals surface area contributed by atoms with E-state index >= 15 is 0 Å². The standard InChI is InChI=1S/C25H31N3O3S/c1-24(2,3)19-11-17(12-20(23(19)29)25(4,5)6)21-15-32-22(27-21)14-26-13-16-8-7-9-18(10-16)28(30)31/h7-12,15,26,29H,13-14H2,1-6H3. The van der Waals surface area contributed by atoms with Crippen LogP contribution >= 0.6 is 11.3 Å². The second-order valence-corrected chi connectivity index (χ2v) is 11.0. The minimum Gasteiger partial charge on any atom is -0.507 e. The normalized spacial score (nSPS) is 12.2. The molecule has 0 atom stereocenters. The molecular weight excluding hydrogens is 422 g/mol. The first kappa shape index (κ1) is 23.9. The van der Waals surface area contributed by atoms with E-state index in [4.69, 9.17) is 4.98 Å². The number of aromatic hydroxyl groups is 1. The minimum absolute atomic E-state index is 0.0949. The molecule has 0 aliphatic heterocycles. The number of non-ortho nitro benzene ring substituents is 1. The first-order chi connectivity index (χ1) is 14.9. The van der Waals surface area contributed by atoms with E-state index < -0.39 is 0 Å². The molecule has 1 aromatic heterocycles. The molecule has 7 heteroatoms. The van der Waals surface area contributed by atoms with Gasteiger partial charge in [0, 0.05) is 47.3 Å². The average Bonchev–Trinajstić information content (AvgIpc) is 3.15. The van der Waals surface area contributed by atoms with Gasteiger partial charge in [0.1, 0.15) is 10.8 Å². The highest BCUT2D eigenvalue weighted by Gasteiger charge is 2.27. The Bertz CT molecular complexity index is 1090. The van der Waals surface area contributed by atoms with Crippen LogP contribution < -0.4 is 5.32 Å². The quantitative estimate of drug-likeness (QED) is 0.337. The molecule has 0 saturated heterocycles. The summed E-state index contributed by atoms with van der Waals surface area (Å²) in [4.78, 5) is 15.4. The molecule has 3 aromatic rings. The molecule has 2 aromatic carbocycles. The lowest BCUT2D eigenvalue weighted by molar-refractivity contribution is -0.384. The third-order valence-corrected chi connectivity index (χ3v) is 6.15. The molecule has 2 N–H and O–H groups in total. The zero-order chi connectivity index (χ0) is 23.7. The predicted molar refractivity (Wildman–Crippen MR) is 130 cm³/mol. The average molecular weight is 454 g/mol. The fourth-order valence-electron chi connectivity index (χ4n) is 3.54. The Morgan fingerprint density at radius 1 is 1.03 bits per heavy atom. The molecule has 0 aliphatic rings. The summed E-state index contributed by atoms with van der Waals surface area (Å²) >= 11 is 1.57. The topological polar surface area (TPSA) is 88.3 Å². The van der Waals surface area contributed by atoms with Crippen LogP contribution in [0.3, 0.4) is 0 Å². The van der Waals surface area contributed by atoms with Gasteiger partial charge in [0.2, 0.25) is 0 Å². The summed E-state index contributed by atoms with van der Waals surface area (Å²) in [7, 11) is 0. The second-order valence-electron chi connectivity index (χ2n) is 10.1. The fourth-order valence-corrected chi connectivity index (χ4v) is 4.32. The number of nitrogens with one attached hydrogen (secondary N) is 1. The van der Waals surface area contributed by atoms with Crippen LogP contribution in [0, 0.1) is 10.1 Å². The zero-order valence-electron chi connectivity index (χ0n) is 19.5. The van der Waals surface area contributed by atoms with Crippen molar-refractivity contribution in [3.63, 3.8) is 0 Å². The molecule has 0 unspecified atom stereocenters. The van der Waals surface area contributed by atoms with Gasteiger partial charge < -0.3 is 10.4 Å². The van der Waals surface area contributed by atoms with E-state index in [1.807, 2.05) is 23.6 Å². The van der Waals surface area contributed by atoms with E-state index in [0.717, 1.165) is 33.0 Å². The van der Waals surface area contributed by atoms with Gasteiger partial charge in [-0.1, -0.05) is 53.7 Å². The monoisotopic (exact) mass is 453 g/mol. The number of phenolic OH excluding ortho intramolecular Hbond substituents is 1. The Morgan fingerprint density at radius 3 is 2.22 bits per heavy atom. The van der Waals surface area contributed by atoms with Crippen molar-refractivity contribution in [2.45, 2.75) is 65.5 Å². The SMILES string of the molecule is CC(C)(C)c1cc(-c2csc(CNCc3cccc([N+](=O)[O-])c3)n2)cc(C(C)(C)C)c1O. The highest BCUT2D eigenvalue weighted by molar-refractivity contribution is 7.09. The molecule has 0 radical (unpaired) electrons. The zero-order valence-corrected chi connectivity index (χ0v) is 20.3. The van der Waals surface area contributed by atoms with E-state index in [1.165, 1.54) is 6.07 Å². The van der Waals surface area contributed by atoms with Crippen molar-refractivity contribution in [3.8, 4) is 17.0 Å². The maximum Gasteiger partial charge on any atom is 0.269 e. The summed E-state index contributed by atoms with van der Waals surface area (Å²) in [5.41, 5.74) is 4.28. The first-order valence-corrected chi connectivity index (χ1v) is 11.5. The molecule has 32 heavy (non-hydrogen) atoms. The van der Waals surface area contributed by atoms with Gasteiger partial charge in [-0.05, 0) is 28.5 Å². The molecule has 1 heterocycles. The van der Waals surface area contributed by atoms with E-state index in [2.05, 4.69) is 46.9 Å². The van der Waals surface area contributed by atoms with E-state index in [1.54, 1.807) is 23.5 Å². The number of hydrogen-bond donors (Lipinski definition) is 2. The molecule has 0 fully saturated rings. The van der Waals surface area contributed by atoms with Crippen LogP contribution in [0.15, 0.2) is 41.8 Å². The molecule has 0 saturated carbocycles. The summed E-state index contributed by atoms with van der Waals surface area (Å²) in [5.74, 6) is 0.364. The van der Waals surface area contributed by atoms with Gasteiger partial charge in [0.25, 0.3) is 5.69 Å². The number of nitro benzene ring substituents is 1. The maximum atomic E-state index is 10.9. The molecule has 3 rings (SSSR count). The Labute approximate surface area is 193 Å². The number of nitro groups is 1. The predicted octanol–water partition coefficient (Wildman–Crippen LogP) is 6.31. The van der Waals surface area contributed by atoms with E-state index in [9.17, 15) is 15.2 Å². The molecule has 6 nitrogen and oxygen atoms in total. The lowest BCUT2D eigenvalue weighted by Crippen LogP contribution is -2.17. The lowest BCUT2D eigenvalue weighted by atomic mass is 9.78. The van der Waals surface area contributed by atoms with Crippen LogP contribution in [0.5, 0.6) is 5.75 Å². The Balaban J connectivity index is 1.80. The van der Waals surface area contributed by atoms with Crippen molar-refractivity contribution in [2.24, 2.45) is 0 Å². The van der Waals surface area contributed by atoms with Crippen LogP contribution in [0.2, 0.25) is 0 Å². The number of phenols is 1. The first-order valence-electron chi connectivity index (χ1n) is 10.6. The number of rotatable bonds is 6. The molecule has 0 bridgehead atoms. The highest BCUT2D eigenvalue weighted by Crippen LogP contribution is 2.42. The number of benzene rings is 2. The summed E-state index contributed by atoms with van der Waals surface area (Å²) in [6, 6.07) is 10.7.